The lowest BCUT2D eigenvalue weighted by atomic mass is 10.0. The highest BCUT2D eigenvalue weighted by Gasteiger charge is 2.41. The van der Waals surface area contributed by atoms with Crippen molar-refractivity contribution in [3.05, 3.63) is 261 Å². The summed E-state index contributed by atoms with van der Waals surface area (Å²) < 4.78 is 2.57. The quantitative estimate of drug-likeness (QED) is 0.0980. The average molecular weight is 838 g/mol. The molecular weight excluding hydrogens is 795 g/mol. The standard InChI is InChI=1S/C60H43NSSi/c1-6-19-44(20-7-1)45-35-39-49(40-36-45)61(58-34-18-33-57-56-32-17-31-55(59(56)62-60(57)58)47-21-8-2-9-22-47)50-41-37-46(38-42-50)48-23-16-30-54(43-48)63(51-24-10-3-11-25-51,52-26-12-4-13-27-52)53-28-14-5-15-29-53/h1-43H. The summed E-state index contributed by atoms with van der Waals surface area (Å²) in [6.07, 6.45) is 0. The Kier molecular flexibility index (Phi) is 10.2. The van der Waals surface area contributed by atoms with Crippen LogP contribution in [0.1, 0.15) is 0 Å². The number of rotatable bonds is 10. The Labute approximate surface area is 374 Å². The lowest BCUT2D eigenvalue weighted by Gasteiger charge is -2.34. The molecule has 298 valence electrons. The molecule has 0 unspecified atom stereocenters. The van der Waals surface area contributed by atoms with Gasteiger partial charge in [-0.2, -0.15) is 0 Å². The number of hydrogen-bond acceptors (Lipinski definition) is 2. The molecule has 0 bridgehead atoms. The third kappa shape index (κ3) is 6.98. The number of hydrogen-bond donors (Lipinski definition) is 0. The number of anilines is 3. The van der Waals surface area contributed by atoms with Crippen LogP contribution in [0.15, 0.2) is 261 Å². The van der Waals surface area contributed by atoms with Crippen molar-refractivity contribution in [1.29, 1.82) is 0 Å². The van der Waals surface area contributed by atoms with Gasteiger partial charge >= 0.3 is 0 Å². The molecule has 0 saturated carbocycles. The van der Waals surface area contributed by atoms with Gasteiger partial charge in [0.25, 0.3) is 0 Å². The smallest absolute Gasteiger partial charge is 0.179 e. The van der Waals surface area contributed by atoms with Crippen LogP contribution in [0.5, 0.6) is 0 Å². The maximum atomic E-state index is 2.45. The summed E-state index contributed by atoms with van der Waals surface area (Å²) in [5.41, 5.74) is 10.7. The molecule has 0 fully saturated rings. The van der Waals surface area contributed by atoms with Gasteiger partial charge in [-0.3, -0.25) is 0 Å². The molecular formula is C60H43NSSi. The topological polar surface area (TPSA) is 3.24 Å². The van der Waals surface area contributed by atoms with Crippen LogP contribution in [0.4, 0.5) is 17.1 Å². The molecule has 3 heteroatoms. The second-order valence-corrected chi connectivity index (χ2v) is 20.9. The maximum absolute atomic E-state index is 2.68. The lowest BCUT2D eigenvalue weighted by molar-refractivity contribution is 1.30. The molecule has 1 heterocycles. The summed E-state index contributed by atoms with van der Waals surface area (Å²) in [4.78, 5) is 2.44. The fourth-order valence-corrected chi connectivity index (χ4v) is 15.6. The van der Waals surface area contributed by atoms with Crippen molar-refractivity contribution in [1.82, 2.24) is 0 Å². The molecule has 0 radical (unpaired) electrons. The summed E-state index contributed by atoms with van der Waals surface area (Å²) >= 11 is 1.89. The van der Waals surface area contributed by atoms with Crippen molar-refractivity contribution in [2.45, 2.75) is 0 Å². The van der Waals surface area contributed by atoms with Crippen LogP contribution in [0.25, 0.3) is 53.6 Å². The van der Waals surface area contributed by atoms with Gasteiger partial charge in [0, 0.05) is 26.8 Å². The van der Waals surface area contributed by atoms with E-state index >= 15 is 0 Å². The van der Waals surface area contributed by atoms with Gasteiger partial charge in [0.2, 0.25) is 0 Å². The molecule has 0 atom stereocenters. The summed E-state index contributed by atoms with van der Waals surface area (Å²) in [5.74, 6) is 0. The van der Waals surface area contributed by atoms with E-state index in [1.165, 1.54) is 80.0 Å². The zero-order valence-electron chi connectivity index (χ0n) is 34.7. The lowest BCUT2D eigenvalue weighted by Crippen LogP contribution is -2.74. The van der Waals surface area contributed by atoms with Crippen LogP contribution < -0.4 is 25.6 Å². The molecule has 10 aromatic carbocycles. The molecule has 0 amide bonds. The van der Waals surface area contributed by atoms with Crippen molar-refractivity contribution in [2.75, 3.05) is 4.90 Å². The van der Waals surface area contributed by atoms with Crippen molar-refractivity contribution in [2.24, 2.45) is 0 Å². The third-order valence-electron chi connectivity index (χ3n) is 12.4. The van der Waals surface area contributed by atoms with Crippen LogP contribution in [-0.2, 0) is 0 Å². The molecule has 1 aromatic heterocycles. The first-order chi connectivity index (χ1) is 31.3. The van der Waals surface area contributed by atoms with Gasteiger partial charge < -0.3 is 4.90 Å². The number of nitrogens with zero attached hydrogens (tertiary/aromatic N) is 1. The van der Waals surface area contributed by atoms with Gasteiger partial charge in [0.1, 0.15) is 0 Å². The van der Waals surface area contributed by atoms with Gasteiger partial charge in [-0.1, -0.05) is 231 Å². The number of benzene rings is 10. The molecule has 1 nitrogen and oxygen atoms in total. The van der Waals surface area contributed by atoms with Gasteiger partial charge in [0.15, 0.2) is 8.07 Å². The van der Waals surface area contributed by atoms with E-state index in [2.05, 4.69) is 266 Å². The van der Waals surface area contributed by atoms with Crippen molar-refractivity contribution in [3.8, 4) is 33.4 Å². The van der Waals surface area contributed by atoms with E-state index in [0.717, 1.165) is 11.4 Å². The van der Waals surface area contributed by atoms with Gasteiger partial charge in [-0.05, 0) is 84.5 Å². The highest BCUT2D eigenvalue weighted by Crippen LogP contribution is 2.47. The van der Waals surface area contributed by atoms with Crippen LogP contribution in [0, 0.1) is 0 Å². The van der Waals surface area contributed by atoms with Crippen LogP contribution in [0.2, 0.25) is 0 Å². The highest BCUT2D eigenvalue weighted by atomic mass is 32.1. The molecule has 0 aliphatic heterocycles. The van der Waals surface area contributed by atoms with Crippen molar-refractivity contribution in [3.63, 3.8) is 0 Å². The fourth-order valence-electron chi connectivity index (χ4n) is 9.49. The Morgan fingerprint density at radius 3 is 1.22 bits per heavy atom. The summed E-state index contributed by atoms with van der Waals surface area (Å²) in [5, 5.41) is 8.03. The second kappa shape index (κ2) is 16.7. The van der Waals surface area contributed by atoms with E-state index in [-0.39, 0.29) is 0 Å². The zero-order valence-corrected chi connectivity index (χ0v) is 36.5. The van der Waals surface area contributed by atoms with Crippen LogP contribution in [-0.4, -0.2) is 8.07 Å². The minimum absolute atomic E-state index is 1.11. The Balaban J connectivity index is 1.05. The minimum Gasteiger partial charge on any atom is -0.309 e. The van der Waals surface area contributed by atoms with Gasteiger partial charge in [-0.15, -0.1) is 11.3 Å². The van der Waals surface area contributed by atoms with Crippen molar-refractivity contribution >= 4 is 77.4 Å². The van der Waals surface area contributed by atoms with Gasteiger partial charge in [0.05, 0.1) is 10.4 Å². The Morgan fingerprint density at radius 1 is 0.286 bits per heavy atom. The summed E-state index contributed by atoms with van der Waals surface area (Å²) in [7, 11) is -2.68. The minimum atomic E-state index is -2.68. The molecule has 63 heavy (non-hydrogen) atoms. The van der Waals surface area contributed by atoms with Gasteiger partial charge in [-0.25, -0.2) is 0 Å². The molecule has 11 rings (SSSR count). The predicted molar refractivity (Wildman–Crippen MR) is 274 cm³/mol. The Hall–Kier alpha value is -7.56. The number of fused-ring (bicyclic) bond motifs is 3. The van der Waals surface area contributed by atoms with E-state index in [4.69, 9.17) is 0 Å². The first kappa shape index (κ1) is 38.4. The fraction of sp³-hybridized carbons (Fsp3) is 0. The molecule has 11 aromatic rings. The van der Waals surface area contributed by atoms with E-state index in [1.807, 2.05) is 11.3 Å². The third-order valence-corrected chi connectivity index (χ3v) is 18.5. The van der Waals surface area contributed by atoms with Crippen LogP contribution in [0.3, 0.4) is 0 Å². The van der Waals surface area contributed by atoms with E-state index in [0.29, 0.717) is 0 Å². The molecule has 0 N–H and O–H groups in total. The SMILES string of the molecule is c1ccc(-c2ccc(N(c3ccc(-c4cccc([Si](c5ccccc5)(c5ccccc5)c5ccccc5)c4)cc3)c3cccc4c3sc3c(-c5ccccc5)cccc34)cc2)cc1. The van der Waals surface area contributed by atoms with E-state index in [9.17, 15) is 0 Å². The maximum Gasteiger partial charge on any atom is 0.179 e. The molecule has 0 saturated heterocycles. The average Bonchev–Trinajstić information content (AvgIpc) is 3.76. The molecule has 0 aliphatic rings. The monoisotopic (exact) mass is 837 g/mol. The zero-order chi connectivity index (χ0) is 42.0. The normalized spacial score (nSPS) is 11.5. The molecule has 0 spiro atoms. The first-order valence-electron chi connectivity index (χ1n) is 21.6. The Morgan fingerprint density at radius 2 is 0.683 bits per heavy atom. The highest BCUT2D eigenvalue weighted by molar-refractivity contribution is 7.27. The van der Waals surface area contributed by atoms with Crippen LogP contribution >= 0.6 is 11.3 Å². The van der Waals surface area contributed by atoms with E-state index < -0.39 is 8.07 Å². The largest absolute Gasteiger partial charge is 0.309 e. The van der Waals surface area contributed by atoms with E-state index in [1.54, 1.807) is 0 Å². The second-order valence-electron chi connectivity index (χ2n) is 16.0. The summed E-state index contributed by atoms with van der Waals surface area (Å²) in [6, 6.07) is 95.9. The summed E-state index contributed by atoms with van der Waals surface area (Å²) in [6.45, 7) is 0. The van der Waals surface area contributed by atoms with Crippen molar-refractivity contribution < 1.29 is 0 Å². The predicted octanol–water partition coefficient (Wildman–Crippen LogP) is 13.9. The Bertz CT molecular complexity index is 3200. The first-order valence-corrected chi connectivity index (χ1v) is 24.4. The number of thiophene rings is 1. The molecule has 0 aliphatic carbocycles.